The van der Waals surface area contributed by atoms with Gasteiger partial charge in [-0.2, -0.15) is 0 Å². The molecule has 1 fully saturated rings. The van der Waals surface area contributed by atoms with Crippen molar-refractivity contribution in [1.29, 1.82) is 0 Å². The second kappa shape index (κ2) is 8.32. The maximum atomic E-state index is 13.9. The van der Waals surface area contributed by atoms with Gasteiger partial charge in [0.05, 0.1) is 5.02 Å². The van der Waals surface area contributed by atoms with Crippen LogP contribution >= 0.6 is 11.6 Å². The topological polar surface area (TPSA) is 52.7 Å². The van der Waals surface area contributed by atoms with E-state index in [0.717, 1.165) is 44.0 Å². The molecule has 1 aliphatic rings. The van der Waals surface area contributed by atoms with E-state index in [2.05, 4.69) is 14.5 Å². The van der Waals surface area contributed by atoms with Crippen LogP contribution in [0.3, 0.4) is 0 Å². The van der Waals surface area contributed by atoms with E-state index in [1.807, 2.05) is 7.05 Å². The summed E-state index contributed by atoms with van der Waals surface area (Å²) >= 11 is 5.94. The molecule has 0 amide bonds. The van der Waals surface area contributed by atoms with E-state index in [-0.39, 0.29) is 9.92 Å². The van der Waals surface area contributed by atoms with E-state index >= 15 is 0 Å². The largest absolute Gasteiger partial charge is 0.369 e. The molecule has 1 heterocycles. The van der Waals surface area contributed by atoms with E-state index in [4.69, 9.17) is 11.6 Å². The maximum absolute atomic E-state index is 13.9. The van der Waals surface area contributed by atoms with Gasteiger partial charge in [0.25, 0.3) is 0 Å². The van der Waals surface area contributed by atoms with E-state index in [9.17, 15) is 17.2 Å². The minimum Gasteiger partial charge on any atom is -0.369 e. The van der Waals surface area contributed by atoms with Gasteiger partial charge < -0.3 is 9.80 Å². The van der Waals surface area contributed by atoms with Crippen molar-refractivity contribution >= 4 is 27.3 Å². The number of likely N-dealkylation sites (N-methyl/N-ethyl adjacent to an activating group) is 1. The Morgan fingerprint density at radius 2 is 1.64 bits per heavy atom. The van der Waals surface area contributed by atoms with Crippen LogP contribution in [0, 0.1) is 11.6 Å². The molecule has 1 saturated heterocycles. The number of rotatable bonds is 5. The number of sulfonamides is 1. The summed E-state index contributed by atoms with van der Waals surface area (Å²) in [4.78, 5) is 3.95. The first-order valence-electron chi connectivity index (χ1n) is 8.88. The van der Waals surface area contributed by atoms with Crippen molar-refractivity contribution in [2.24, 2.45) is 0 Å². The summed E-state index contributed by atoms with van der Waals surface area (Å²) in [7, 11) is -2.07. The minimum absolute atomic E-state index is 0.0837. The number of benzene rings is 2. The fourth-order valence-corrected chi connectivity index (χ4v) is 4.98. The second-order valence-electron chi connectivity index (χ2n) is 6.91. The SMILES string of the molecule is CC(NS(=O)(=O)c1cc(F)ccc1Cl)c1cc(F)ccc1N1CCN(C)CC1. The third-order valence-corrected chi connectivity index (χ3v) is 6.84. The molecule has 1 unspecified atom stereocenters. The number of nitrogens with zero attached hydrogens (tertiary/aromatic N) is 2. The monoisotopic (exact) mass is 429 g/mol. The van der Waals surface area contributed by atoms with Gasteiger partial charge in [-0.25, -0.2) is 21.9 Å². The van der Waals surface area contributed by atoms with Gasteiger partial charge in [-0.1, -0.05) is 11.6 Å². The van der Waals surface area contributed by atoms with Gasteiger partial charge in [0, 0.05) is 37.9 Å². The molecule has 1 atom stereocenters. The number of piperazine rings is 1. The number of hydrogen-bond donors (Lipinski definition) is 1. The van der Waals surface area contributed by atoms with Crippen molar-refractivity contribution in [1.82, 2.24) is 9.62 Å². The molecule has 0 aromatic heterocycles. The zero-order chi connectivity index (χ0) is 20.5. The van der Waals surface area contributed by atoms with Gasteiger partial charge in [-0.05, 0) is 55.9 Å². The van der Waals surface area contributed by atoms with Crippen LogP contribution in [-0.2, 0) is 10.0 Å². The Hall–Kier alpha value is -1.74. The van der Waals surface area contributed by atoms with E-state index < -0.39 is 27.7 Å². The minimum atomic E-state index is -4.10. The van der Waals surface area contributed by atoms with Crippen molar-refractivity contribution in [2.75, 3.05) is 38.1 Å². The Morgan fingerprint density at radius 1 is 1.04 bits per heavy atom. The number of hydrogen-bond acceptors (Lipinski definition) is 4. The second-order valence-corrected chi connectivity index (χ2v) is 9.00. The van der Waals surface area contributed by atoms with Gasteiger partial charge in [-0.15, -0.1) is 0 Å². The van der Waals surface area contributed by atoms with E-state index in [0.29, 0.717) is 5.56 Å². The van der Waals surface area contributed by atoms with Crippen molar-refractivity contribution in [3.8, 4) is 0 Å². The summed E-state index contributed by atoms with van der Waals surface area (Å²) in [5.41, 5.74) is 1.29. The van der Waals surface area contributed by atoms with E-state index in [1.165, 1.54) is 18.2 Å². The van der Waals surface area contributed by atoms with Crippen LogP contribution in [0.2, 0.25) is 5.02 Å². The molecule has 1 N–H and O–H groups in total. The molecule has 0 spiro atoms. The molecular weight excluding hydrogens is 408 g/mol. The number of halogens is 3. The molecule has 0 radical (unpaired) electrons. The molecule has 0 aliphatic carbocycles. The van der Waals surface area contributed by atoms with E-state index in [1.54, 1.807) is 13.0 Å². The van der Waals surface area contributed by atoms with Crippen LogP contribution in [0.15, 0.2) is 41.3 Å². The summed E-state index contributed by atoms with van der Waals surface area (Å²) in [5, 5.41) is -0.0837. The predicted octanol–water partition coefficient (Wildman–Crippen LogP) is 3.41. The van der Waals surface area contributed by atoms with Crippen molar-refractivity contribution < 1.29 is 17.2 Å². The van der Waals surface area contributed by atoms with Crippen LogP contribution in [0.5, 0.6) is 0 Å². The molecule has 28 heavy (non-hydrogen) atoms. The summed E-state index contributed by atoms with van der Waals surface area (Å²) in [6.07, 6.45) is 0. The average Bonchev–Trinajstić information content (AvgIpc) is 2.64. The fourth-order valence-electron chi connectivity index (χ4n) is 3.25. The first kappa shape index (κ1) is 21.0. The summed E-state index contributed by atoms with van der Waals surface area (Å²) in [5.74, 6) is -1.16. The third-order valence-electron chi connectivity index (χ3n) is 4.81. The Kier molecular flexibility index (Phi) is 6.24. The maximum Gasteiger partial charge on any atom is 0.242 e. The molecule has 3 rings (SSSR count). The molecule has 9 heteroatoms. The normalized spacial score (nSPS) is 17.0. The summed E-state index contributed by atoms with van der Waals surface area (Å²) < 4.78 is 55.4. The average molecular weight is 430 g/mol. The Morgan fingerprint density at radius 3 is 2.32 bits per heavy atom. The standard InChI is InChI=1S/C19H22ClF2N3O2S/c1-13(23-28(26,27)19-12-15(22)3-5-17(19)20)16-11-14(21)4-6-18(16)25-9-7-24(2)8-10-25/h3-6,11-13,23H,7-10H2,1-2H3. The quantitative estimate of drug-likeness (QED) is 0.791. The molecule has 2 aromatic rings. The van der Waals surface area contributed by atoms with Gasteiger partial charge in [0.1, 0.15) is 16.5 Å². The van der Waals surface area contributed by atoms with Crippen LogP contribution < -0.4 is 9.62 Å². The first-order chi connectivity index (χ1) is 13.2. The zero-order valence-electron chi connectivity index (χ0n) is 15.6. The molecule has 0 bridgehead atoms. The lowest BCUT2D eigenvalue weighted by atomic mass is 10.0. The van der Waals surface area contributed by atoms with Crippen molar-refractivity contribution in [3.63, 3.8) is 0 Å². The van der Waals surface area contributed by atoms with Gasteiger partial charge in [0.2, 0.25) is 10.0 Å². The third kappa shape index (κ3) is 4.63. The molecular formula is C19H22ClF2N3O2S. The Labute approximate surface area is 169 Å². The highest BCUT2D eigenvalue weighted by Gasteiger charge is 2.25. The first-order valence-corrected chi connectivity index (χ1v) is 10.7. The predicted molar refractivity (Wildman–Crippen MR) is 106 cm³/mol. The highest BCUT2D eigenvalue weighted by Crippen LogP contribution is 2.30. The van der Waals surface area contributed by atoms with Crippen LogP contribution in [0.4, 0.5) is 14.5 Å². The highest BCUT2D eigenvalue weighted by molar-refractivity contribution is 7.89. The molecule has 1 aliphatic heterocycles. The van der Waals surface area contributed by atoms with Crippen molar-refractivity contribution in [2.45, 2.75) is 17.9 Å². The molecule has 0 saturated carbocycles. The number of nitrogens with one attached hydrogen (secondary N) is 1. The molecule has 152 valence electrons. The molecule has 2 aromatic carbocycles. The zero-order valence-corrected chi connectivity index (χ0v) is 17.2. The summed E-state index contributed by atoms with van der Waals surface area (Å²) in [6, 6.07) is 6.75. The number of anilines is 1. The smallest absolute Gasteiger partial charge is 0.242 e. The lowest BCUT2D eigenvalue weighted by Crippen LogP contribution is -2.45. The Balaban J connectivity index is 1.91. The van der Waals surface area contributed by atoms with Crippen LogP contribution in [0.1, 0.15) is 18.5 Å². The Bertz CT molecular complexity index is 964. The van der Waals surface area contributed by atoms with Crippen LogP contribution in [0.25, 0.3) is 0 Å². The van der Waals surface area contributed by atoms with Crippen molar-refractivity contribution in [3.05, 3.63) is 58.6 Å². The fraction of sp³-hybridized carbons (Fsp3) is 0.368. The summed E-state index contributed by atoms with van der Waals surface area (Å²) in [6.45, 7) is 4.85. The van der Waals surface area contributed by atoms with Gasteiger partial charge in [-0.3, -0.25) is 0 Å². The van der Waals surface area contributed by atoms with Gasteiger partial charge >= 0.3 is 0 Å². The van der Waals surface area contributed by atoms with Crippen LogP contribution in [-0.4, -0.2) is 46.5 Å². The van der Waals surface area contributed by atoms with Gasteiger partial charge in [0.15, 0.2) is 0 Å². The lowest BCUT2D eigenvalue weighted by Gasteiger charge is -2.36. The lowest BCUT2D eigenvalue weighted by molar-refractivity contribution is 0.312. The molecule has 5 nitrogen and oxygen atoms in total. The highest BCUT2D eigenvalue weighted by atomic mass is 35.5.